The number of hydrogen-bond donors (Lipinski definition) is 1. The molecule has 0 saturated heterocycles. The summed E-state index contributed by atoms with van der Waals surface area (Å²) in [6.07, 6.45) is 7.28. The van der Waals surface area contributed by atoms with Gasteiger partial charge < -0.3 is 9.64 Å². The van der Waals surface area contributed by atoms with Crippen molar-refractivity contribution in [2.45, 2.75) is 57.2 Å². The van der Waals surface area contributed by atoms with Crippen molar-refractivity contribution in [3.05, 3.63) is 71.0 Å². The van der Waals surface area contributed by atoms with Crippen molar-refractivity contribution in [3.8, 4) is 5.75 Å². The van der Waals surface area contributed by atoms with E-state index in [2.05, 4.69) is 68.7 Å². The predicted molar refractivity (Wildman–Crippen MR) is 114 cm³/mol. The van der Waals surface area contributed by atoms with E-state index >= 15 is 0 Å². The smallest absolute Gasteiger partial charge is 0.214 e. The number of nitrogens with one attached hydrogen (secondary N) is 1. The topological polar surface area (TPSA) is 57.3 Å². The molecule has 1 unspecified atom stereocenters. The van der Waals surface area contributed by atoms with Crippen LogP contribution in [0.1, 0.15) is 66.7 Å². The summed E-state index contributed by atoms with van der Waals surface area (Å²) in [4.78, 5) is 1.51. The van der Waals surface area contributed by atoms with Crippen LogP contribution in [0.3, 0.4) is 0 Å². The number of tetrazole rings is 1. The SMILES string of the molecule is COc1ccc([C@H](c2nnnn2C2CCCCC2)[NH+]2CCc3ccccc3C2)cc1. The highest BCUT2D eigenvalue weighted by Gasteiger charge is 2.35. The molecule has 2 atom stereocenters. The first kappa shape index (κ1) is 19.2. The van der Waals surface area contributed by atoms with E-state index in [-0.39, 0.29) is 6.04 Å². The molecule has 1 aromatic heterocycles. The summed E-state index contributed by atoms with van der Waals surface area (Å²) in [7, 11) is 1.71. The highest BCUT2D eigenvalue weighted by atomic mass is 16.5. The van der Waals surface area contributed by atoms with E-state index in [0.717, 1.165) is 31.1 Å². The fourth-order valence-corrected chi connectivity index (χ4v) is 5.19. The molecule has 0 radical (unpaired) electrons. The van der Waals surface area contributed by atoms with E-state index in [9.17, 15) is 0 Å². The summed E-state index contributed by atoms with van der Waals surface area (Å²) in [5.74, 6) is 1.88. The molecular formula is C24H30N5O+. The largest absolute Gasteiger partial charge is 0.497 e. The van der Waals surface area contributed by atoms with Crippen LogP contribution in [-0.4, -0.2) is 33.9 Å². The molecular weight excluding hydrogens is 374 g/mol. The number of rotatable bonds is 5. The van der Waals surface area contributed by atoms with Crippen LogP contribution in [0.4, 0.5) is 0 Å². The van der Waals surface area contributed by atoms with Gasteiger partial charge in [-0.2, -0.15) is 0 Å². The summed E-state index contributed by atoms with van der Waals surface area (Å²) in [6, 6.07) is 17.8. The van der Waals surface area contributed by atoms with Gasteiger partial charge in [0.15, 0.2) is 6.04 Å². The molecule has 3 aromatic rings. The zero-order valence-corrected chi connectivity index (χ0v) is 17.6. The van der Waals surface area contributed by atoms with Gasteiger partial charge in [-0.15, -0.1) is 5.10 Å². The summed E-state index contributed by atoms with van der Waals surface area (Å²) < 4.78 is 7.54. The van der Waals surface area contributed by atoms with Crippen LogP contribution in [0.5, 0.6) is 5.75 Å². The molecule has 1 aliphatic heterocycles. The molecule has 1 N–H and O–H groups in total. The molecule has 1 fully saturated rings. The molecule has 5 rings (SSSR count). The molecule has 6 heteroatoms. The van der Waals surface area contributed by atoms with Crippen molar-refractivity contribution in [3.63, 3.8) is 0 Å². The Hall–Kier alpha value is -2.73. The van der Waals surface area contributed by atoms with E-state index in [1.807, 2.05) is 0 Å². The van der Waals surface area contributed by atoms with Gasteiger partial charge in [0, 0.05) is 17.5 Å². The second kappa shape index (κ2) is 8.56. The molecule has 156 valence electrons. The Morgan fingerprint density at radius 1 is 1.00 bits per heavy atom. The summed E-state index contributed by atoms with van der Waals surface area (Å²) in [5.41, 5.74) is 4.16. The van der Waals surface area contributed by atoms with Gasteiger partial charge in [-0.1, -0.05) is 43.5 Å². The Morgan fingerprint density at radius 3 is 2.53 bits per heavy atom. The summed E-state index contributed by atoms with van der Waals surface area (Å²) in [5, 5.41) is 13.2. The zero-order valence-electron chi connectivity index (χ0n) is 17.6. The Bertz CT molecular complexity index is 977. The standard InChI is InChI=1S/C24H29N5O/c1-30-22-13-11-19(12-14-22)23(28-16-15-18-7-5-6-8-20(18)17-28)24-25-26-27-29(24)21-9-3-2-4-10-21/h5-8,11-14,21,23H,2-4,9-10,15-17H2,1H3/p+1/t23-/m1/s1. The zero-order chi connectivity index (χ0) is 20.3. The molecule has 2 aromatic carbocycles. The monoisotopic (exact) mass is 404 g/mol. The van der Waals surface area contributed by atoms with Crippen molar-refractivity contribution >= 4 is 0 Å². The molecule has 2 aliphatic rings. The first-order valence-electron chi connectivity index (χ1n) is 11.2. The van der Waals surface area contributed by atoms with Gasteiger partial charge in [0.05, 0.1) is 19.7 Å². The average molecular weight is 405 g/mol. The molecule has 0 amide bonds. The fraction of sp³-hybridized carbons (Fsp3) is 0.458. The van der Waals surface area contributed by atoms with E-state index in [0.29, 0.717) is 6.04 Å². The maximum Gasteiger partial charge on any atom is 0.214 e. The minimum absolute atomic E-state index is 0.112. The van der Waals surface area contributed by atoms with Crippen molar-refractivity contribution in [2.75, 3.05) is 13.7 Å². The van der Waals surface area contributed by atoms with Gasteiger partial charge in [-0.3, -0.25) is 0 Å². The predicted octanol–water partition coefficient (Wildman–Crippen LogP) is 2.92. The number of nitrogens with zero attached hydrogens (tertiary/aromatic N) is 4. The van der Waals surface area contributed by atoms with Gasteiger partial charge >= 0.3 is 0 Å². The first-order chi connectivity index (χ1) is 14.8. The van der Waals surface area contributed by atoms with Crippen LogP contribution in [0, 0.1) is 0 Å². The Balaban J connectivity index is 1.53. The number of aromatic nitrogens is 4. The lowest BCUT2D eigenvalue weighted by atomic mass is 9.94. The van der Waals surface area contributed by atoms with E-state index in [4.69, 9.17) is 4.74 Å². The van der Waals surface area contributed by atoms with Crippen molar-refractivity contribution in [2.24, 2.45) is 0 Å². The lowest BCUT2D eigenvalue weighted by Gasteiger charge is -2.33. The van der Waals surface area contributed by atoms with Gasteiger partial charge in [-0.25, -0.2) is 4.68 Å². The number of ether oxygens (including phenoxy) is 1. The van der Waals surface area contributed by atoms with Crippen LogP contribution in [0.25, 0.3) is 0 Å². The van der Waals surface area contributed by atoms with Gasteiger partial charge in [0.25, 0.3) is 0 Å². The quantitative estimate of drug-likeness (QED) is 0.710. The molecule has 2 heterocycles. The van der Waals surface area contributed by atoms with Crippen LogP contribution in [-0.2, 0) is 13.0 Å². The molecule has 1 saturated carbocycles. The maximum absolute atomic E-state index is 5.40. The van der Waals surface area contributed by atoms with Crippen LogP contribution in [0.15, 0.2) is 48.5 Å². The first-order valence-corrected chi connectivity index (χ1v) is 11.2. The molecule has 0 bridgehead atoms. The number of benzene rings is 2. The van der Waals surface area contributed by atoms with Crippen LogP contribution >= 0.6 is 0 Å². The summed E-state index contributed by atoms with van der Waals surface area (Å²) >= 11 is 0. The van der Waals surface area contributed by atoms with Crippen LogP contribution < -0.4 is 9.64 Å². The van der Waals surface area contributed by atoms with Gasteiger partial charge in [-0.05, 0) is 53.1 Å². The van der Waals surface area contributed by atoms with Crippen molar-refractivity contribution < 1.29 is 9.64 Å². The lowest BCUT2D eigenvalue weighted by Crippen LogP contribution is -3.12. The number of fused-ring (bicyclic) bond motifs is 1. The molecule has 0 spiro atoms. The molecule has 1 aliphatic carbocycles. The van der Waals surface area contributed by atoms with E-state index in [1.54, 1.807) is 7.11 Å². The van der Waals surface area contributed by atoms with Crippen molar-refractivity contribution in [1.29, 1.82) is 0 Å². The van der Waals surface area contributed by atoms with Gasteiger partial charge in [0.1, 0.15) is 12.3 Å². The van der Waals surface area contributed by atoms with E-state index < -0.39 is 0 Å². The highest BCUT2D eigenvalue weighted by molar-refractivity contribution is 5.32. The third-order valence-corrected chi connectivity index (χ3v) is 6.81. The Kier molecular flexibility index (Phi) is 5.49. The van der Waals surface area contributed by atoms with Crippen molar-refractivity contribution in [1.82, 2.24) is 20.2 Å². The molecule has 30 heavy (non-hydrogen) atoms. The van der Waals surface area contributed by atoms with Crippen LogP contribution in [0.2, 0.25) is 0 Å². The lowest BCUT2D eigenvalue weighted by molar-refractivity contribution is -0.941. The number of hydrogen-bond acceptors (Lipinski definition) is 4. The third-order valence-electron chi connectivity index (χ3n) is 6.81. The second-order valence-corrected chi connectivity index (χ2v) is 8.58. The van der Waals surface area contributed by atoms with E-state index in [1.165, 1.54) is 53.7 Å². The van der Waals surface area contributed by atoms with Gasteiger partial charge in [0.2, 0.25) is 5.82 Å². The highest BCUT2D eigenvalue weighted by Crippen LogP contribution is 2.30. The number of quaternary nitrogens is 1. The Morgan fingerprint density at radius 2 is 1.77 bits per heavy atom. The third kappa shape index (κ3) is 3.72. The minimum Gasteiger partial charge on any atom is -0.497 e. The maximum atomic E-state index is 5.40. The fourth-order valence-electron chi connectivity index (χ4n) is 5.19. The second-order valence-electron chi connectivity index (χ2n) is 8.58. The molecule has 6 nitrogen and oxygen atoms in total. The summed E-state index contributed by atoms with van der Waals surface area (Å²) in [6.45, 7) is 2.07. The number of methoxy groups -OCH3 is 1. The normalized spacial score (nSPS) is 20.5. The Labute approximate surface area is 177 Å². The minimum atomic E-state index is 0.112. The average Bonchev–Trinajstić information content (AvgIpc) is 3.29.